The van der Waals surface area contributed by atoms with E-state index < -0.39 is 41.5 Å². The van der Waals surface area contributed by atoms with E-state index in [1.807, 2.05) is 0 Å². The number of nitrogens with zero attached hydrogens (tertiary/aromatic N) is 4. The first-order chi connectivity index (χ1) is 12.7. The highest BCUT2D eigenvalue weighted by atomic mass is 16.6. The number of nitrogens with one attached hydrogen (secondary N) is 1. The first-order valence-electron chi connectivity index (χ1n) is 8.01. The number of carbonyl (C=O) groups excluding carboxylic acids is 1. The second-order valence-electron chi connectivity index (χ2n) is 6.32. The average molecular weight is 381 g/mol. The maximum atomic E-state index is 11.6. The number of ether oxygens (including phenoxy) is 2. The van der Waals surface area contributed by atoms with Crippen molar-refractivity contribution in [1.29, 1.82) is 0 Å². The van der Waals surface area contributed by atoms with Gasteiger partial charge in [-0.2, -0.15) is 0 Å². The summed E-state index contributed by atoms with van der Waals surface area (Å²) >= 11 is 0. The van der Waals surface area contributed by atoms with Crippen LogP contribution in [0, 0.1) is 10.1 Å². The number of methoxy groups -OCH3 is 1. The lowest BCUT2D eigenvalue weighted by molar-refractivity contribution is -0.383. The number of hydrogen-bond acceptors (Lipinski definition) is 9. The molecule has 0 radical (unpaired) electrons. The monoisotopic (exact) mass is 381 g/mol. The molecular weight excluding hydrogens is 362 g/mol. The van der Waals surface area contributed by atoms with Crippen LogP contribution in [0.15, 0.2) is 12.5 Å². The predicted octanol–water partition coefficient (Wildman–Crippen LogP) is -0.0464. The largest absolute Gasteiger partial charge is 0.394 e. The highest BCUT2D eigenvalue weighted by molar-refractivity contribution is 6.02. The molecule has 12 heteroatoms. The minimum absolute atomic E-state index is 0.0155. The molecule has 3 N–H and O–H groups in total. The molecule has 0 bridgehead atoms. The summed E-state index contributed by atoms with van der Waals surface area (Å²) in [5, 5.41) is 33.9. The summed E-state index contributed by atoms with van der Waals surface area (Å²) in [5.74, 6) is -0.471. The van der Waals surface area contributed by atoms with Gasteiger partial charge in [-0.05, 0) is 6.92 Å². The molecule has 1 aliphatic heterocycles. The van der Waals surface area contributed by atoms with Gasteiger partial charge in [0.15, 0.2) is 17.7 Å². The Bertz CT molecular complexity index is 900. The minimum Gasteiger partial charge on any atom is -0.394 e. The van der Waals surface area contributed by atoms with Gasteiger partial charge in [-0.1, -0.05) is 0 Å². The average Bonchev–Trinajstić information content (AvgIpc) is 3.12. The molecule has 1 fully saturated rings. The molecule has 0 saturated carbocycles. The molecule has 27 heavy (non-hydrogen) atoms. The van der Waals surface area contributed by atoms with Gasteiger partial charge in [-0.3, -0.25) is 19.5 Å². The minimum atomic E-state index is -1.31. The number of hydrogen-bond donors (Lipinski definition) is 3. The number of fused-ring (bicyclic) bond motifs is 1. The lowest BCUT2D eigenvalue weighted by Crippen LogP contribution is -2.46. The molecule has 3 heterocycles. The summed E-state index contributed by atoms with van der Waals surface area (Å²) in [7, 11) is 1.36. The molecule has 0 aliphatic carbocycles. The SMILES string of the molecule is CO[C@]1(C)C(O)C(CO)O[C@H]1n1cc([N+](=O)[O-])c2c(NC(C)=O)ncnc21. The zero-order valence-electron chi connectivity index (χ0n) is 14.8. The Kier molecular flexibility index (Phi) is 4.82. The normalized spacial score (nSPS) is 27.8. The van der Waals surface area contributed by atoms with Crippen molar-refractivity contribution < 1.29 is 29.4 Å². The van der Waals surface area contributed by atoms with Crippen LogP contribution < -0.4 is 5.32 Å². The standard InChI is InChI=1S/C15H19N5O7/c1-7(22)18-12-10-8(20(24)25)4-19(13(10)17-6-16-12)14-15(2,26-3)11(23)9(5-21)27-14/h4,6,9,11,14,21,23H,5H2,1-3H3,(H,16,17,18,22)/t9?,11?,14-,15-/m1/s1. The van der Waals surface area contributed by atoms with E-state index >= 15 is 0 Å². The number of nitro groups is 1. The van der Waals surface area contributed by atoms with Gasteiger partial charge in [0.25, 0.3) is 5.69 Å². The van der Waals surface area contributed by atoms with Crippen LogP contribution in [0.2, 0.25) is 0 Å². The topological polar surface area (TPSA) is 162 Å². The second-order valence-corrected chi connectivity index (χ2v) is 6.32. The van der Waals surface area contributed by atoms with Gasteiger partial charge in [0.2, 0.25) is 5.91 Å². The highest BCUT2D eigenvalue weighted by Gasteiger charge is 2.55. The summed E-state index contributed by atoms with van der Waals surface area (Å²) in [5.41, 5.74) is -1.55. The number of carbonyl (C=O) groups is 1. The molecule has 0 aromatic carbocycles. The fourth-order valence-electron chi connectivity index (χ4n) is 3.24. The van der Waals surface area contributed by atoms with Gasteiger partial charge in [-0.25, -0.2) is 9.97 Å². The fourth-order valence-corrected chi connectivity index (χ4v) is 3.24. The zero-order valence-corrected chi connectivity index (χ0v) is 14.8. The maximum absolute atomic E-state index is 11.6. The Morgan fingerprint density at radius 1 is 1.56 bits per heavy atom. The number of aromatic nitrogens is 3. The Labute approximate surface area is 152 Å². The van der Waals surface area contributed by atoms with Crippen LogP contribution in [0.25, 0.3) is 11.0 Å². The van der Waals surface area contributed by atoms with Crippen LogP contribution >= 0.6 is 0 Å². The summed E-state index contributed by atoms with van der Waals surface area (Å²) in [6.07, 6.45) is -0.837. The van der Waals surface area contributed by atoms with Gasteiger partial charge < -0.3 is 25.0 Å². The Morgan fingerprint density at radius 3 is 2.81 bits per heavy atom. The van der Waals surface area contributed by atoms with Crippen LogP contribution in [-0.2, 0) is 14.3 Å². The van der Waals surface area contributed by atoms with Crippen LogP contribution in [0.3, 0.4) is 0 Å². The molecule has 0 spiro atoms. The van der Waals surface area contributed by atoms with Crippen molar-refractivity contribution >= 4 is 28.4 Å². The summed E-state index contributed by atoms with van der Waals surface area (Å²) in [4.78, 5) is 30.3. The molecule has 2 aromatic heterocycles. The highest BCUT2D eigenvalue weighted by Crippen LogP contribution is 2.44. The van der Waals surface area contributed by atoms with E-state index in [9.17, 15) is 25.1 Å². The van der Waals surface area contributed by atoms with Gasteiger partial charge in [0.1, 0.15) is 29.5 Å². The fraction of sp³-hybridized carbons (Fsp3) is 0.533. The predicted molar refractivity (Wildman–Crippen MR) is 90.9 cm³/mol. The van der Waals surface area contributed by atoms with E-state index in [0.29, 0.717) is 0 Å². The van der Waals surface area contributed by atoms with E-state index in [2.05, 4.69) is 15.3 Å². The Morgan fingerprint density at radius 2 is 2.26 bits per heavy atom. The smallest absolute Gasteiger partial charge is 0.300 e. The first kappa shape index (κ1) is 19.1. The van der Waals surface area contributed by atoms with Crippen LogP contribution in [0.5, 0.6) is 0 Å². The summed E-state index contributed by atoms with van der Waals surface area (Å²) in [6.45, 7) is 2.34. The Hall–Kier alpha value is -2.67. The number of anilines is 1. The van der Waals surface area contributed by atoms with Gasteiger partial charge in [-0.15, -0.1) is 0 Å². The van der Waals surface area contributed by atoms with Crippen molar-refractivity contribution in [3.05, 3.63) is 22.6 Å². The van der Waals surface area contributed by atoms with Crippen molar-refractivity contribution in [3.8, 4) is 0 Å². The van der Waals surface area contributed by atoms with E-state index in [4.69, 9.17) is 9.47 Å². The molecule has 2 unspecified atom stereocenters. The third kappa shape index (κ3) is 2.92. The van der Waals surface area contributed by atoms with Crippen molar-refractivity contribution in [2.24, 2.45) is 0 Å². The quantitative estimate of drug-likeness (QED) is 0.476. The van der Waals surface area contributed by atoms with Crippen molar-refractivity contribution in [1.82, 2.24) is 14.5 Å². The molecule has 4 atom stereocenters. The Balaban J connectivity index is 2.24. The van der Waals surface area contributed by atoms with E-state index in [0.717, 1.165) is 6.33 Å². The van der Waals surface area contributed by atoms with Crippen LogP contribution in [0.1, 0.15) is 20.1 Å². The molecule has 1 amide bonds. The van der Waals surface area contributed by atoms with E-state index in [1.54, 1.807) is 6.92 Å². The van der Waals surface area contributed by atoms with Gasteiger partial charge in [0.05, 0.1) is 17.7 Å². The van der Waals surface area contributed by atoms with E-state index in [1.165, 1.54) is 24.8 Å². The van der Waals surface area contributed by atoms with Crippen LogP contribution in [0.4, 0.5) is 11.5 Å². The van der Waals surface area contributed by atoms with Gasteiger partial charge >= 0.3 is 0 Å². The molecule has 1 aliphatic rings. The molecule has 1 saturated heterocycles. The molecule has 12 nitrogen and oxygen atoms in total. The van der Waals surface area contributed by atoms with E-state index in [-0.39, 0.29) is 22.5 Å². The van der Waals surface area contributed by atoms with Crippen molar-refractivity contribution in [2.45, 2.75) is 37.9 Å². The third-order valence-electron chi connectivity index (χ3n) is 4.69. The lowest BCUT2D eigenvalue weighted by atomic mass is 9.96. The number of aliphatic hydroxyl groups is 2. The number of amides is 1. The third-order valence-corrected chi connectivity index (χ3v) is 4.69. The second kappa shape index (κ2) is 6.81. The zero-order chi connectivity index (χ0) is 19.9. The number of aliphatic hydroxyl groups excluding tert-OH is 2. The van der Waals surface area contributed by atoms with Crippen molar-refractivity contribution in [2.75, 3.05) is 19.0 Å². The van der Waals surface area contributed by atoms with Gasteiger partial charge in [0, 0.05) is 14.0 Å². The van der Waals surface area contributed by atoms with Crippen LogP contribution in [-0.4, -0.2) is 67.1 Å². The maximum Gasteiger partial charge on any atom is 0.300 e. The first-order valence-corrected chi connectivity index (χ1v) is 8.01. The number of rotatable bonds is 5. The molecule has 146 valence electrons. The molecular formula is C15H19N5O7. The molecule has 3 rings (SSSR count). The summed E-state index contributed by atoms with van der Waals surface area (Å²) in [6, 6.07) is 0. The van der Waals surface area contributed by atoms with Crippen molar-refractivity contribution in [3.63, 3.8) is 0 Å². The molecule has 2 aromatic rings. The lowest BCUT2D eigenvalue weighted by Gasteiger charge is -2.31. The summed E-state index contributed by atoms with van der Waals surface area (Å²) < 4.78 is 12.5.